The lowest BCUT2D eigenvalue weighted by molar-refractivity contribution is 0.231. The van der Waals surface area contributed by atoms with Gasteiger partial charge in [0, 0.05) is 19.2 Å². The maximum Gasteiger partial charge on any atom is 0.0468 e. The van der Waals surface area contributed by atoms with Gasteiger partial charge in [0.05, 0.1) is 0 Å². The van der Waals surface area contributed by atoms with E-state index >= 15 is 0 Å². The summed E-state index contributed by atoms with van der Waals surface area (Å²) in [6, 6.07) is 9.25. The van der Waals surface area contributed by atoms with E-state index in [4.69, 9.17) is 5.11 Å². The molecule has 2 heteroatoms. The molecule has 0 saturated carbocycles. The summed E-state index contributed by atoms with van der Waals surface area (Å²) in [5.74, 6) is 0.316. The highest BCUT2D eigenvalue weighted by Crippen LogP contribution is 2.15. The van der Waals surface area contributed by atoms with Crippen LogP contribution in [0.2, 0.25) is 0 Å². The van der Waals surface area contributed by atoms with E-state index in [1.54, 1.807) is 0 Å². The smallest absolute Gasteiger partial charge is 0.0468 e. The Balaban J connectivity index is 2.45. The van der Waals surface area contributed by atoms with Crippen LogP contribution >= 0.6 is 0 Å². The van der Waals surface area contributed by atoms with E-state index in [1.807, 2.05) is 6.92 Å². The largest absolute Gasteiger partial charge is 0.396 e. The highest BCUT2D eigenvalue weighted by Gasteiger charge is 2.06. The van der Waals surface area contributed by atoms with Gasteiger partial charge in [-0.15, -0.1) is 0 Å². The Morgan fingerprint density at radius 2 is 1.83 bits per heavy atom. The predicted molar refractivity (Wildman–Crippen MR) is 77.7 cm³/mol. The van der Waals surface area contributed by atoms with Crippen LogP contribution in [0.3, 0.4) is 0 Å². The van der Waals surface area contributed by atoms with Crippen LogP contribution in [-0.4, -0.2) is 18.3 Å². The average Bonchev–Trinajstić information content (AvgIpc) is 2.42. The molecule has 0 spiro atoms. The zero-order valence-corrected chi connectivity index (χ0v) is 11.9. The quantitative estimate of drug-likeness (QED) is 0.741. The monoisotopic (exact) mass is 249 g/mol. The van der Waals surface area contributed by atoms with E-state index in [2.05, 4.69) is 43.4 Å². The summed E-state index contributed by atoms with van der Waals surface area (Å²) in [6.45, 7) is 7.55. The molecular weight excluding hydrogens is 222 g/mol. The molecule has 1 rings (SSSR count). The van der Waals surface area contributed by atoms with Crippen LogP contribution in [0.4, 0.5) is 0 Å². The summed E-state index contributed by atoms with van der Waals surface area (Å²) in [4.78, 5) is 0. The lowest BCUT2D eigenvalue weighted by Gasteiger charge is -2.17. The van der Waals surface area contributed by atoms with Crippen molar-refractivity contribution in [3.8, 4) is 0 Å². The highest BCUT2D eigenvalue weighted by molar-refractivity contribution is 5.24. The number of hydrogen-bond acceptors (Lipinski definition) is 2. The molecule has 0 aliphatic carbocycles. The Hall–Kier alpha value is -0.860. The second-order valence-corrected chi connectivity index (χ2v) is 5.26. The van der Waals surface area contributed by atoms with Crippen molar-refractivity contribution >= 4 is 0 Å². The molecule has 0 aliphatic rings. The zero-order valence-electron chi connectivity index (χ0n) is 11.9. The zero-order chi connectivity index (χ0) is 13.4. The third-order valence-electron chi connectivity index (χ3n) is 3.38. The maximum absolute atomic E-state index is 9.00. The molecule has 0 radical (unpaired) electrons. The summed E-state index contributed by atoms with van der Waals surface area (Å²) in [5.41, 5.74) is 2.75. The van der Waals surface area contributed by atoms with Gasteiger partial charge in [-0.05, 0) is 36.8 Å². The fourth-order valence-corrected chi connectivity index (χ4v) is 1.91. The molecule has 0 heterocycles. The first kappa shape index (κ1) is 15.2. The van der Waals surface area contributed by atoms with E-state index in [0.29, 0.717) is 12.0 Å². The molecule has 0 amide bonds. The Kier molecular flexibility index (Phi) is 6.99. The van der Waals surface area contributed by atoms with Crippen molar-refractivity contribution in [1.82, 2.24) is 5.32 Å². The van der Waals surface area contributed by atoms with Crippen molar-refractivity contribution in [2.45, 2.75) is 46.1 Å². The lowest BCUT2D eigenvalue weighted by atomic mass is 10.0. The Morgan fingerprint density at radius 1 is 1.17 bits per heavy atom. The SMILES string of the molecule is CCCCc1ccc(C(C)NCC(C)CO)cc1. The van der Waals surface area contributed by atoms with Crippen LogP contribution in [0.5, 0.6) is 0 Å². The normalized spacial score (nSPS) is 14.4. The summed E-state index contributed by atoms with van der Waals surface area (Å²) in [6.07, 6.45) is 3.69. The summed E-state index contributed by atoms with van der Waals surface area (Å²) in [5, 5.41) is 12.4. The average molecular weight is 249 g/mol. The molecular formula is C16H27NO. The minimum atomic E-state index is 0.246. The highest BCUT2D eigenvalue weighted by atomic mass is 16.3. The Morgan fingerprint density at radius 3 is 2.39 bits per heavy atom. The van der Waals surface area contributed by atoms with E-state index in [1.165, 1.54) is 30.4 Å². The van der Waals surface area contributed by atoms with Gasteiger partial charge in [0.2, 0.25) is 0 Å². The van der Waals surface area contributed by atoms with Gasteiger partial charge in [0.1, 0.15) is 0 Å². The number of hydrogen-bond donors (Lipinski definition) is 2. The first-order chi connectivity index (χ1) is 8.67. The van der Waals surface area contributed by atoms with E-state index in [-0.39, 0.29) is 6.61 Å². The van der Waals surface area contributed by atoms with E-state index in [9.17, 15) is 0 Å². The number of rotatable bonds is 8. The fourth-order valence-electron chi connectivity index (χ4n) is 1.91. The van der Waals surface area contributed by atoms with Gasteiger partial charge in [-0.2, -0.15) is 0 Å². The van der Waals surface area contributed by atoms with Crippen molar-refractivity contribution in [1.29, 1.82) is 0 Å². The molecule has 2 atom stereocenters. The topological polar surface area (TPSA) is 32.3 Å². The fraction of sp³-hybridized carbons (Fsp3) is 0.625. The number of nitrogens with one attached hydrogen (secondary N) is 1. The minimum Gasteiger partial charge on any atom is -0.396 e. The molecule has 0 bridgehead atoms. The van der Waals surface area contributed by atoms with Gasteiger partial charge in [-0.3, -0.25) is 0 Å². The van der Waals surface area contributed by atoms with Crippen molar-refractivity contribution in [2.24, 2.45) is 5.92 Å². The first-order valence-electron chi connectivity index (χ1n) is 7.10. The molecule has 1 aromatic carbocycles. The molecule has 1 aromatic rings. The van der Waals surface area contributed by atoms with Crippen molar-refractivity contribution < 1.29 is 5.11 Å². The van der Waals surface area contributed by atoms with Crippen LogP contribution in [0.25, 0.3) is 0 Å². The third kappa shape index (κ3) is 5.19. The van der Waals surface area contributed by atoms with Gasteiger partial charge in [0.25, 0.3) is 0 Å². The van der Waals surface area contributed by atoms with Crippen molar-refractivity contribution in [3.63, 3.8) is 0 Å². The van der Waals surface area contributed by atoms with Gasteiger partial charge < -0.3 is 10.4 Å². The van der Waals surface area contributed by atoms with Gasteiger partial charge in [-0.25, -0.2) is 0 Å². The van der Waals surface area contributed by atoms with Gasteiger partial charge in [0.15, 0.2) is 0 Å². The molecule has 2 nitrogen and oxygen atoms in total. The van der Waals surface area contributed by atoms with Crippen LogP contribution in [0.15, 0.2) is 24.3 Å². The number of aliphatic hydroxyl groups is 1. The summed E-state index contributed by atoms with van der Waals surface area (Å²) in [7, 11) is 0. The van der Waals surface area contributed by atoms with Crippen LogP contribution in [-0.2, 0) is 6.42 Å². The van der Waals surface area contributed by atoms with Gasteiger partial charge in [-0.1, -0.05) is 44.5 Å². The number of aryl methyl sites for hydroxylation is 1. The third-order valence-corrected chi connectivity index (χ3v) is 3.38. The maximum atomic E-state index is 9.00. The molecule has 0 aromatic heterocycles. The van der Waals surface area contributed by atoms with E-state index < -0.39 is 0 Å². The predicted octanol–water partition coefficient (Wildman–Crippen LogP) is 3.31. The standard InChI is InChI=1S/C16H27NO/c1-4-5-6-15-7-9-16(10-8-15)14(3)17-11-13(2)12-18/h7-10,13-14,17-18H,4-6,11-12H2,1-3H3. The van der Waals surface area contributed by atoms with Crippen molar-refractivity contribution in [3.05, 3.63) is 35.4 Å². The van der Waals surface area contributed by atoms with Crippen LogP contribution < -0.4 is 5.32 Å². The van der Waals surface area contributed by atoms with Crippen LogP contribution in [0.1, 0.15) is 50.8 Å². The van der Waals surface area contributed by atoms with E-state index in [0.717, 1.165) is 6.54 Å². The number of aliphatic hydroxyl groups excluding tert-OH is 1. The lowest BCUT2D eigenvalue weighted by Crippen LogP contribution is -2.26. The Bertz CT molecular complexity index is 320. The first-order valence-corrected chi connectivity index (χ1v) is 7.10. The molecule has 18 heavy (non-hydrogen) atoms. The minimum absolute atomic E-state index is 0.246. The second-order valence-electron chi connectivity index (χ2n) is 5.26. The summed E-state index contributed by atoms with van der Waals surface area (Å²) >= 11 is 0. The molecule has 0 fully saturated rings. The molecule has 0 saturated heterocycles. The summed E-state index contributed by atoms with van der Waals surface area (Å²) < 4.78 is 0. The number of unbranched alkanes of at least 4 members (excludes halogenated alkanes) is 1. The van der Waals surface area contributed by atoms with Crippen LogP contribution in [0, 0.1) is 5.92 Å². The van der Waals surface area contributed by atoms with Gasteiger partial charge >= 0.3 is 0 Å². The molecule has 2 N–H and O–H groups in total. The Labute approximate surface area is 111 Å². The molecule has 0 aliphatic heterocycles. The second kappa shape index (κ2) is 8.28. The number of benzene rings is 1. The molecule has 102 valence electrons. The van der Waals surface area contributed by atoms with Crippen molar-refractivity contribution in [2.75, 3.05) is 13.2 Å². The molecule has 2 unspecified atom stereocenters.